The molecule has 0 unspecified atom stereocenters. The van der Waals surface area contributed by atoms with E-state index < -0.39 is 0 Å². The van der Waals surface area contributed by atoms with E-state index in [-0.39, 0.29) is 0 Å². The highest BCUT2D eigenvalue weighted by Gasteiger charge is 2.13. The molecule has 0 aliphatic rings. The second-order valence-corrected chi connectivity index (χ2v) is 14.1. The summed E-state index contributed by atoms with van der Waals surface area (Å²) in [6, 6.07) is 72.2. The van der Waals surface area contributed by atoms with Crippen LogP contribution in [0.4, 0.5) is 0 Å². The van der Waals surface area contributed by atoms with Gasteiger partial charge in [-0.25, -0.2) is 4.98 Å². The van der Waals surface area contributed by atoms with Crippen LogP contribution in [0.2, 0.25) is 0 Å². The average molecular weight is 730 g/mol. The first-order chi connectivity index (χ1) is 28.2. The lowest BCUT2D eigenvalue weighted by Crippen LogP contribution is -2.00. The summed E-state index contributed by atoms with van der Waals surface area (Å²) in [4.78, 5) is 14.9. The van der Waals surface area contributed by atoms with Gasteiger partial charge in [0.1, 0.15) is 0 Å². The standard InChI is InChI=1S/C54H39N3/c1-55-51(46-29-25-41(26-30-46)39-13-5-2-6-14-39)36-52(47-31-27-42(28-32-47)40-15-7-3-8-16-40)56-37-38-21-23-44(24-22-38)49-35-53(45-18-9-4-10-19-45)57-50-34-33-43-17-11-12-20-48(43)54(49)50/h2-36H,1,37H2/b51-36-,56-52?. The fourth-order valence-corrected chi connectivity index (χ4v) is 7.46. The highest BCUT2D eigenvalue weighted by atomic mass is 14.8. The molecule has 3 heteroatoms. The van der Waals surface area contributed by atoms with Crippen LogP contribution in [-0.2, 0) is 6.54 Å². The van der Waals surface area contributed by atoms with Gasteiger partial charge in [0.25, 0.3) is 0 Å². The number of allylic oxidation sites excluding steroid dienone is 1. The molecule has 0 saturated carbocycles. The smallest absolute Gasteiger partial charge is 0.0722 e. The van der Waals surface area contributed by atoms with Gasteiger partial charge in [0.2, 0.25) is 0 Å². The van der Waals surface area contributed by atoms with Crippen molar-refractivity contribution in [2.24, 2.45) is 9.98 Å². The Hall–Kier alpha value is -7.49. The van der Waals surface area contributed by atoms with E-state index in [1.807, 2.05) is 18.2 Å². The minimum absolute atomic E-state index is 0.499. The Morgan fingerprint density at radius 1 is 0.491 bits per heavy atom. The molecule has 9 aromatic rings. The quantitative estimate of drug-likeness (QED) is 0.102. The summed E-state index contributed by atoms with van der Waals surface area (Å²) in [5.74, 6) is 0. The maximum absolute atomic E-state index is 5.23. The molecule has 0 amide bonds. The maximum atomic E-state index is 5.23. The van der Waals surface area contributed by atoms with E-state index in [0.717, 1.165) is 72.5 Å². The van der Waals surface area contributed by atoms with Gasteiger partial charge in [0.05, 0.1) is 29.2 Å². The Morgan fingerprint density at radius 3 is 1.63 bits per heavy atom. The summed E-state index contributed by atoms with van der Waals surface area (Å²) in [5.41, 5.74) is 14.7. The van der Waals surface area contributed by atoms with E-state index in [4.69, 9.17) is 9.98 Å². The van der Waals surface area contributed by atoms with Crippen LogP contribution in [0.1, 0.15) is 16.7 Å². The molecule has 1 heterocycles. The van der Waals surface area contributed by atoms with E-state index in [1.54, 1.807) is 0 Å². The minimum atomic E-state index is 0.499. The van der Waals surface area contributed by atoms with E-state index in [9.17, 15) is 0 Å². The molecular formula is C54H39N3. The van der Waals surface area contributed by atoms with Crippen LogP contribution in [0.5, 0.6) is 0 Å². The zero-order valence-electron chi connectivity index (χ0n) is 31.5. The van der Waals surface area contributed by atoms with Crippen molar-refractivity contribution in [1.82, 2.24) is 4.98 Å². The third kappa shape index (κ3) is 7.60. The average Bonchev–Trinajstić information content (AvgIpc) is 3.30. The second-order valence-electron chi connectivity index (χ2n) is 14.1. The van der Waals surface area contributed by atoms with Crippen LogP contribution in [0.3, 0.4) is 0 Å². The normalized spacial score (nSPS) is 11.9. The number of fused-ring (bicyclic) bond motifs is 3. The molecule has 0 fully saturated rings. The fourth-order valence-electron chi connectivity index (χ4n) is 7.46. The lowest BCUT2D eigenvalue weighted by molar-refractivity contribution is 1.07. The van der Waals surface area contributed by atoms with Crippen molar-refractivity contribution in [1.29, 1.82) is 0 Å². The summed E-state index contributed by atoms with van der Waals surface area (Å²) < 4.78 is 0. The molecule has 9 rings (SSSR count). The third-order valence-corrected chi connectivity index (χ3v) is 10.5. The number of benzene rings is 8. The summed E-state index contributed by atoms with van der Waals surface area (Å²) in [6.45, 7) is 4.46. The molecule has 270 valence electrons. The minimum Gasteiger partial charge on any atom is -0.280 e. The molecule has 57 heavy (non-hydrogen) atoms. The molecule has 0 spiro atoms. The van der Waals surface area contributed by atoms with Crippen LogP contribution >= 0.6 is 0 Å². The van der Waals surface area contributed by atoms with E-state index in [2.05, 4.69) is 206 Å². The van der Waals surface area contributed by atoms with Gasteiger partial charge < -0.3 is 0 Å². The summed E-state index contributed by atoms with van der Waals surface area (Å²) >= 11 is 0. The molecule has 8 aromatic carbocycles. The van der Waals surface area contributed by atoms with Gasteiger partial charge in [-0.15, -0.1) is 0 Å². The zero-order chi connectivity index (χ0) is 38.4. The lowest BCUT2D eigenvalue weighted by Gasteiger charge is -2.13. The van der Waals surface area contributed by atoms with Crippen molar-refractivity contribution in [3.8, 4) is 44.6 Å². The van der Waals surface area contributed by atoms with Crippen LogP contribution < -0.4 is 0 Å². The molecule has 0 aliphatic heterocycles. The maximum Gasteiger partial charge on any atom is 0.0722 e. The van der Waals surface area contributed by atoms with Crippen LogP contribution in [0.25, 0.3) is 72.0 Å². The second kappa shape index (κ2) is 16.1. The number of aromatic nitrogens is 1. The van der Waals surface area contributed by atoms with Gasteiger partial charge in [0, 0.05) is 16.5 Å². The van der Waals surface area contributed by atoms with Crippen molar-refractivity contribution in [2.75, 3.05) is 0 Å². The number of rotatable bonds is 10. The van der Waals surface area contributed by atoms with Crippen molar-refractivity contribution in [3.63, 3.8) is 0 Å². The van der Waals surface area contributed by atoms with Gasteiger partial charge in [-0.1, -0.05) is 194 Å². The molecule has 0 radical (unpaired) electrons. The summed E-state index contributed by atoms with van der Waals surface area (Å²) in [7, 11) is 0. The first-order valence-electron chi connectivity index (χ1n) is 19.2. The van der Waals surface area contributed by atoms with Crippen molar-refractivity contribution >= 4 is 39.8 Å². The fraction of sp³-hybridized carbons (Fsp3) is 0.0185. The largest absolute Gasteiger partial charge is 0.280 e. The molecule has 0 atom stereocenters. The Kier molecular flexibility index (Phi) is 9.94. The molecule has 0 N–H and O–H groups in total. The number of hydrogen-bond acceptors (Lipinski definition) is 3. The number of nitrogens with zero attached hydrogens (tertiary/aromatic N) is 3. The Bertz CT molecular complexity index is 2880. The highest BCUT2D eigenvalue weighted by molar-refractivity contribution is 6.14. The van der Waals surface area contributed by atoms with E-state index >= 15 is 0 Å². The van der Waals surface area contributed by atoms with Crippen molar-refractivity contribution in [3.05, 3.63) is 229 Å². The van der Waals surface area contributed by atoms with Crippen molar-refractivity contribution < 1.29 is 0 Å². The van der Waals surface area contributed by atoms with Gasteiger partial charge in [-0.3, -0.25) is 9.98 Å². The summed E-state index contributed by atoms with van der Waals surface area (Å²) in [6.07, 6.45) is 2.05. The number of hydrogen-bond donors (Lipinski definition) is 0. The molecule has 0 aliphatic carbocycles. The van der Waals surface area contributed by atoms with Crippen LogP contribution in [-0.4, -0.2) is 17.4 Å². The van der Waals surface area contributed by atoms with Gasteiger partial charge in [0.15, 0.2) is 0 Å². The van der Waals surface area contributed by atoms with Gasteiger partial charge >= 0.3 is 0 Å². The van der Waals surface area contributed by atoms with E-state index in [0.29, 0.717) is 6.54 Å². The molecule has 1 aromatic heterocycles. The van der Waals surface area contributed by atoms with Crippen LogP contribution in [0.15, 0.2) is 222 Å². The van der Waals surface area contributed by atoms with Gasteiger partial charge in [-0.2, -0.15) is 0 Å². The summed E-state index contributed by atoms with van der Waals surface area (Å²) in [5, 5.41) is 3.55. The Labute approximate surface area is 333 Å². The number of aliphatic imine (C=N–C) groups is 2. The molecular weight excluding hydrogens is 691 g/mol. The number of pyridine rings is 1. The third-order valence-electron chi connectivity index (χ3n) is 10.5. The van der Waals surface area contributed by atoms with Crippen LogP contribution in [0, 0.1) is 0 Å². The first-order valence-corrected chi connectivity index (χ1v) is 19.2. The monoisotopic (exact) mass is 729 g/mol. The SMILES string of the molecule is C=N/C(=C\C(=NCc1ccc(-c2cc(-c3ccccc3)nc3ccc4ccccc4c23)cc1)c1ccc(-c2ccccc2)cc1)c1ccc(-c2ccccc2)cc1. The molecule has 3 nitrogen and oxygen atoms in total. The molecule has 0 bridgehead atoms. The topological polar surface area (TPSA) is 37.6 Å². The van der Waals surface area contributed by atoms with E-state index in [1.165, 1.54) is 21.9 Å². The lowest BCUT2D eigenvalue weighted by atomic mass is 9.94. The Morgan fingerprint density at radius 2 is 1.02 bits per heavy atom. The van der Waals surface area contributed by atoms with Crippen molar-refractivity contribution in [2.45, 2.75) is 6.54 Å². The van der Waals surface area contributed by atoms with Gasteiger partial charge in [-0.05, 0) is 80.2 Å². The zero-order valence-corrected chi connectivity index (χ0v) is 31.5. The highest BCUT2D eigenvalue weighted by Crippen LogP contribution is 2.37. The Balaban J connectivity index is 1.08. The predicted molar refractivity (Wildman–Crippen MR) is 242 cm³/mol. The molecule has 0 saturated heterocycles. The predicted octanol–water partition coefficient (Wildman–Crippen LogP) is 13.8. The first kappa shape index (κ1) is 35.2.